The molecule has 19 atom stereocenters. The molecule has 3 saturated heterocycles. The Labute approximate surface area is 826 Å². The molecule has 0 aromatic carbocycles. The second kappa shape index (κ2) is 78.4. The zero-order valence-electron chi connectivity index (χ0n) is 85.3. The van der Waals surface area contributed by atoms with E-state index in [-0.39, 0.29) is 38.5 Å². The number of ether oxygens (including phenoxy) is 9. The lowest BCUT2D eigenvalue weighted by Crippen LogP contribution is -2.68. The smallest absolute Gasteiger partial charge is 0.472 e. The van der Waals surface area contributed by atoms with Crippen LogP contribution in [0.15, 0.2) is 0 Å². The summed E-state index contributed by atoms with van der Waals surface area (Å²) in [6.07, 6.45) is 17.9. The number of rotatable bonds is 89. The third kappa shape index (κ3) is 59.6. The van der Waals surface area contributed by atoms with Crippen LogP contribution >= 0.6 is 15.6 Å². The van der Waals surface area contributed by atoms with Gasteiger partial charge in [0.15, 0.2) is 24.8 Å². The summed E-state index contributed by atoms with van der Waals surface area (Å²) in [5.74, 6) is -10.9. The number of hydrogen-bond donors (Lipinski definition) is 14. The summed E-state index contributed by atoms with van der Waals surface area (Å²) < 4.78 is 93.6. The molecule has 0 bridgehead atoms. The quantitative estimate of drug-likeness (QED) is 0.0116. The van der Waals surface area contributed by atoms with Gasteiger partial charge in [0.1, 0.15) is 67.0 Å². The van der Waals surface area contributed by atoms with Gasteiger partial charge in [-0.15, -0.1) is 0 Å². The molecule has 138 heavy (non-hydrogen) atoms. The molecule has 34 nitrogen and oxygen atoms in total. The largest absolute Gasteiger partial charge is 0.477 e. The van der Waals surface area contributed by atoms with E-state index in [1.165, 1.54) is 19.3 Å². The van der Waals surface area contributed by atoms with Crippen LogP contribution in [-0.2, 0) is 94.4 Å². The summed E-state index contributed by atoms with van der Waals surface area (Å²) in [4.78, 5) is 145. The standard InChI is InChI=1S/C102H190N2O32P2/c1-7-13-19-25-31-37-38-44-50-56-62-68-88(113)129-80(66-60-54-48-42-35-29-23-17-11-5)72-90(115)133-98-92(104-86(111)71-79(65-59-53-47-41-34-28-22-16-10-4)128-87(112)67-61-55-49-43-36-30-24-18-12-6)99(131-84(96(98)135-137(120,121)122)76-127-102(101(118)119)73-81(108)93(116)95(134-102)82(109)74-105)126-75-83-94(117)97(132-89(114)70-78(107)64-58-52-46-40-33-27-21-15-9-3)91(100(130-83)136-138(123,124)125)103-85(110)69-77(106)63-57-51-45-39-32-26-20-14-8-2/h77-84,91-100,105-109,116-117H,7-76H2,1-6H3,(H,103,110)(H,104,111)(H,118,119)(H2,120,121,122)(H2,123,124,125)/t77-,78-,79-,80+,81-,82-,83-,84-,91+,92-,93+,94+,95+,96-,97-,98+,99+,100+,102-/m1/s1. The molecule has 0 aliphatic carbocycles. The minimum atomic E-state index is -6.04. The van der Waals surface area contributed by atoms with Crippen molar-refractivity contribution in [1.29, 1.82) is 0 Å². The van der Waals surface area contributed by atoms with Crippen molar-refractivity contribution < 1.29 is 155 Å². The Hall–Kier alpha value is -3.97. The van der Waals surface area contributed by atoms with Crippen LogP contribution in [0, 0.1) is 0 Å². The number of unbranched alkanes of at least 4 members (excludes halogenated alkanes) is 50. The number of carbonyl (C=O) groups excluding carboxylic acids is 6. The minimum absolute atomic E-state index is 0.00157. The molecular weight excluding hydrogens is 1830 g/mol. The summed E-state index contributed by atoms with van der Waals surface area (Å²) in [7, 11) is -11.9. The summed E-state index contributed by atoms with van der Waals surface area (Å²) in [5, 5.41) is 95.2. The van der Waals surface area contributed by atoms with Gasteiger partial charge in [0.25, 0.3) is 5.79 Å². The van der Waals surface area contributed by atoms with E-state index in [0.29, 0.717) is 57.8 Å². The maximum absolute atomic E-state index is 15.6. The maximum atomic E-state index is 15.6. The lowest BCUT2D eigenvalue weighted by Gasteiger charge is -2.48. The molecule has 0 spiro atoms. The number of hydrogen-bond acceptors (Lipinski definition) is 27. The van der Waals surface area contributed by atoms with Gasteiger partial charge in [0.2, 0.25) is 11.8 Å². The number of nitrogens with one attached hydrogen (secondary N) is 2. The zero-order valence-corrected chi connectivity index (χ0v) is 87.1. The fraction of sp³-hybridized carbons (Fsp3) is 0.931. The van der Waals surface area contributed by atoms with Crippen LogP contribution in [0.2, 0.25) is 0 Å². The van der Waals surface area contributed by atoms with Crippen LogP contribution in [0.4, 0.5) is 0 Å². The topological polar surface area (TPSA) is 522 Å². The van der Waals surface area contributed by atoms with Crippen molar-refractivity contribution in [2.45, 2.75) is 588 Å². The van der Waals surface area contributed by atoms with Gasteiger partial charge in [0.05, 0.1) is 63.8 Å². The van der Waals surface area contributed by atoms with Gasteiger partial charge >= 0.3 is 45.5 Å². The zero-order chi connectivity index (χ0) is 102. The molecule has 0 unspecified atom stereocenters. The van der Waals surface area contributed by atoms with Crippen LogP contribution in [0.1, 0.15) is 472 Å². The van der Waals surface area contributed by atoms with Crippen LogP contribution in [0.3, 0.4) is 0 Å². The van der Waals surface area contributed by atoms with Crippen molar-refractivity contribution >= 4 is 57.3 Å². The highest BCUT2D eigenvalue weighted by Crippen LogP contribution is 2.45. The van der Waals surface area contributed by atoms with Crippen molar-refractivity contribution in [3.8, 4) is 0 Å². The Morgan fingerprint density at radius 1 is 0.377 bits per heavy atom. The number of carbonyl (C=O) groups is 7. The molecule has 0 radical (unpaired) electrons. The van der Waals surface area contributed by atoms with Crippen molar-refractivity contribution in [2.24, 2.45) is 0 Å². The molecule has 0 aromatic heterocycles. The van der Waals surface area contributed by atoms with Crippen LogP contribution in [0.5, 0.6) is 0 Å². The summed E-state index contributed by atoms with van der Waals surface area (Å²) >= 11 is 0. The molecule has 3 rings (SSSR count). The first-order valence-electron chi connectivity index (χ1n) is 54.3. The van der Waals surface area contributed by atoms with Crippen molar-refractivity contribution in [2.75, 3.05) is 19.8 Å². The molecule has 36 heteroatoms. The van der Waals surface area contributed by atoms with Crippen molar-refractivity contribution in [3.05, 3.63) is 0 Å². The van der Waals surface area contributed by atoms with E-state index >= 15 is 9.59 Å². The molecule has 3 fully saturated rings. The molecular formula is C102H190N2O32P2. The first kappa shape index (κ1) is 128. The van der Waals surface area contributed by atoms with E-state index in [2.05, 4.69) is 52.2 Å². The molecule has 810 valence electrons. The number of esters is 4. The second-order valence-corrected chi connectivity index (χ2v) is 41.7. The highest BCUT2D eigenvalue weighted by molar-refractivity contribution is 7.46. The number of phosphoric ester groups is 2. The van der Waals surface area contributed by atoms with Gasteiger partial charge < -0.3 is 114 Å². The number of aliphatic hydroxyl groups is 7. The normalized spacial score (nSPS) is 23.0. The van der Waals surface area contributed by atoms with Crippen LogP contribution in [0.25, 0.3) is 0 Å². The lowest BCUT2D eigenvalue weighted by molar-refractivity contribution is -0.340. The molecule has 2 amide bonds. The van der Waals surface area contributed by atoms with Gasteiger partial charge in [-0.2, -0.15) is 0 Å². The van der Waals surface area contributed by atoms with E-state index < -0.39 is 225 Å². The molecule has 0 aromatic rings. The Bertz CT molecular complexity index is 3230. The van der Waals surface area contributed by atoms with E-state index in [9.17, 15) is 93.5 Å². The van der Waals surface area contributed by atoms with E-state index in [1.54, 1.807) is 0 Å². The van der Waals surface area contributed by atoms with Gasteiger partial charge in [-0.3, -0.25) is 37.8 Å². The minimum Gasteiger partial charge on any atom is -0.477 e. The van der Waals surface area contributed by atoms with Crippen molar-refractivity contribution in [1.82, 2.24) is 10.6 Å². The third-order valence-corrected chi connectivity index (χ3v) is 27.6. The molecule has 3 heterocycles. The Morgan fingerprint density at radius 2 is 0.710 bits per heavy atom. The number of aliphatic carboxylic acids is 1. The summed E-state index contributed by atoms with van der Waals surface area (Å²) in [6.45, 7) is 9.15. The van der Waals surface area contributed by atoms with Crippen LogP contribution < -0.4 is 10.6 Å². The third-order valence-electron chi connectivity index (χ3n) is 26.6. The first-order chi connectivity index (χ1) is 66.3. The van der Waals surface area contributed by atoms with E-state index in [1.807, 2.05) is 0 Å². The lowest BCUT2D eigenvalue weighted by atomic mass is 9.92. The number of phosphoric acid groups is 2. The highest BCUT2D eigenvalue weighted by Gasteiger charge is 2.59. The number of carboxylic acids is 1. The fourth-order valence-electron chi connectivity index (χ4n) is 18.4. The monoisotopic (exact) mass is 2020 g/mol. The summed E-state index contributed by atoms with van der Waals surface area (Å²) in [6, 6.07) is -4.24. The van der Waals surface area contributed by atoms with E-state index in [0.717, 1.165) is 283 Å². The first-order valence-corrected chi connectivity index (χ1v) is 57.3. The average molecular weight is 2020 g/mol. The molecule has 3 aliphatic rings. The maximum Gasteiger partial charge on any atom is 0.472 e. The fourth-order valence-corrected chi connectivity index (χ4v) is 19.5. The number of amides is 2. The average Bonchev–Trinajstić information content (AvgIpc) is 0.762. The van der Waals surface area contributed by atoms with Gasteiger partial charge in [-0.1, -0.05) is 375 Å². The highest BCUT2D eigenvalue weighted by atomic mass is 31.2. The Morgan fingerprint density at radius 3 is 1.09 bits per heavy atom. The SMILES string of the molecule is CCCCCCCCCCCCCC(=O)O[C@@H](CCCCCCCCCCC)CC(=O)O[C@H]1[C@@H](NC(=O)C[C@@H](CCCCCCCCCCC)OC(=O)CCCCCCCCCCC)[C@@H](OC[C@H]2O[C@@H](OP(=O)(O)O)[C@@H](NC(=O)C[C@H](O)CCCCCCCCCCC)[C@@H](OC(=O)C[C@H](O)CCCCCCCCCCC)[C@H]2O)O[C@H](CO[C@]2(C(=O)O)C[C@@H](O)[C@H](O)[C@H]([C@H](O)CO)O2)[C@H]1OP(=O)(O)O. The predicted octanol–water partition coefficient (Wildman–Crippen LogP) is 18.3. The van der Waals surface area contributed by atoms with Crippen LogP contribution in [-0.4, -0.2) is 238 Å². The Balaban J connectivity index is 2.43. The predicted molar refractivity (Wildman–Crippen MR) is 524 cm³/mol. The molecule has 0 saturated carbocycles. The van der Waals surface area contributed by atoms with Gasteiger partial charge in [0, 0.05) is 19.3 Å². The molecule has 14 N–H and O–H groups in total. The summed E-state index contributed by atoms with van der Waals surface area (Å²) in [5.41, 5.74) is 0. The Kier molecular flexibility index (Phi) is 72.8. The number of aliphatic hydroxyl groups excluding tert-OH is 7. The van der Waals surface area contributed by atoms with Gasteiger partial charge in [-0.05, 0) is 51.4 Å². The second-order valence-electron chi connectivity index (χ2n) is 39.3. The van der Waals surface area contributed by atoms with Crippen molar-refractivity contribution in [3.63, 3.8) is 0 Å². The van der Waals surface area contributed by atoms with E-state index in [4.69, 9.17) is 51.7 Å². The molecule has 3 aliphatic heterocycles. The van der Waals surface area contributed by atoms with Gasteiger partial charge in [-0.25, -0.2) is 13.9 Å². The number of carboxylic acid groups (broad SMARTS) is 1.